The average molecular weight is 262 g/mol. The lowest BCUT2D eigenvalue weighted by Crippen LogP contribution is -2.15. The molecule has 0 spiro atoms. The van der Waals surface area contributed by atoms with Crippen LogP contribution in [0.5, 0.6) is 0 Å². The number of nitrogens with one attached hydrogen (secondary N) is 1. The normalized spacial score (nSPS) is 14.8. The van der Waals surface area contributed by atoms with Crippen LogP contribution in [0.4, 0.5) is 5.69 Å². The van der Waals surface area contributed by atoms with Gasteiger partial charge in [-0.25, -0.2) is 0 Å². The van der Waals surface area contributed by atoms with Gasteiger partial charge in [0.05, 0.1) is 5.52 Å². The molecule has 1 aromatic carbocycles. The van der Waals surface area contributed by atoms with Gasteiger partial charge in [0.15, 0.2) is 0 Å². The van der Waals surface area contributed by atoms with Crippen molar-refractivity contribution in [1.29, 1.82) is 0 Å². The Morgan fingerprint density at radius 3 is 2.61 bits per heavy atom. The molecule has 0 radical (unpaired) electrons. The second kappa shape index (κ2) is 6.19. The van der Waals surface area contributed by atoms with Crippen molar-refractivity contribution in [1.82, 2.24) is 4.57 Å². The topological polar surface area (TPSA) is 17.0 Å². The summed E-state index contributed by atoms with van der Waals surface area (Å²) in [6.07, 6.45) is 8.34. The maximum Gasteiger partial charge on any atom is 0.0503 e. The highest BCUT2D eigenvalue weighted by molar-refractivity contribution is 7.99. The van der Waals surface area contributed by atoms with E-state index in [1.165, 1.54) is 35.9 Å². The molecule has 0 bridgehead atoms. The van der Waals surface area contributed by atoms with Gasteiger partial charge in [-0.05, 0) is 42.8 Å². The summed E-state index contributed by atoms with van der Waals surface area (Å²) in [6, 6.07) is 9.55. The van der Waals surface area contributed by atoms with E-state index in [1.54, 1.807) is 11.9 Å². The summed E-state index contributed by atoms with van der Waals surface area (Å²) >= 11 is 1.64. The Bertz CT molecular complexity index is 500. The maximum atomic E-state index is 3.29. The smallest absolute Gasteiger partial charge is 0.0503 e. The van der Waals surface area contributed by atoms with Gasteiger partial charge in [0.2, 0.25) is 0 Å². The summed E-state index contributed by atoms with van der Waals surface area (Å²) in [5.41, 5.74) is 2.56. The number of hydrogen-bond acceptors (Lipinski definition) is 2. The molecule has 0 aliphatic heterocycles. The van der Waals surface area contributed by atoms with E-state index in [2.05, 4.69) is 46.0 Å². The highest BCUT2D eigenvalue weighted by Crippen LogP contribution is 2.35. The van der Waals surface area contributed by atoms with E-state index in [-0.39, 0.29) is 0 Å². The molecule has 0 atom stereocenters. The fourth-order valence-corrected chi connectivity index (χ4v) is 2.68. The van der Waals surface area contributed by atoms with Crippen LogP contribution in [0, 0.1) is 0 Å². The van der Waals surface area contributed by atoms with Crippen LogP contribution in [0.1, 0.15) is 39.2 Å². The Morgan fingerprint density at radius 2 is 2.00 bits per heavy atom. The Kier molecular flexibility index (Phi) is 4.59. The monoisotopic (exact) mass is 262 g/mol. The highest BCUT2D eigenvalue weighted by atomic mass is 32.2. The summed E-state index contributed by atoms with van der Waals surface area (Å²) in [5.74, 6) is 0. The van der Waals surface area contributed by atoms with Crippen molar-refractivity contribution >= 4 is 28.5 Å². The SMILES string of the molecule is CC.CSNc1ccc2ccn(C3CCC3)c2c1. The predicted octanol–water partition coefficient (Wildman–Crippen LogP) is 5.08. The predicted molar refractivity (Wildman–Crippen MR) is 83.3 cm³/mol. The molecule has 0 unspecified atom stereocenters. The number of fused-ring (bicyclic) bond motifs is 1. The number of benzene rings is 1. The van der Waals surface area contributed by atoms with Crippen LogP contribution >= 0.6 is 11.9 Å². The fraction of sp³-hybridized carbons (Fsp3) is 0.467. The van der Waals surface area contributed by atoms with Gasteiger partial charge in [0.1, 0.15) is 0 Å². The van der Waals surface area contributed by atoms with Crippen molar-refractivity contribution < 1.29 is 0 Å². The third-order valence-corrected chi connectivity index (χ3v) is 3.85. The molecule has 98 valence electrons. The van der Waals surface area contributed by atoms with E-state index < -0.39 is 0 Å². The van der Waals surface area contributed by atoms with Gasteiger partial charge in [0, 0.05) is 24.2 Å². The molecule has 0 saturated heterocycles. The lowest BCUT2D eigenvalue weighted by molar-refractivity contribution is 0.321. The molecule has 1 aliphatic rings. The number of aromatic nitrogens is 1. The van der Waals surface area contributed by atoms with Crippen molar-refractivity contribution in [2.45, 2.75) is 39.2 Å². The van der Waals surface area contributed by atoms with Crippen molar-refractivity contribution in [2.75, 3.05) is 11.0 Å². The van der Waals surface area contributed by atoms with Gasteiger partial charge in [-0.2, -0.15) is 0 Å². The van der Waals surface area contributed by atoms with Crippen LogP contribution in [0.3, 0.4) is 0 Å². The first-order valence-corrected chi connectivity index (χ1v) is 8.00. The van der Waals surface area contributed by atoms with E-state index in [0.29, 0.717) is 0 Å². The highest BCUT2D eigenvalue weighted by Gasteiger charge is 2.20. The summed E-state index contributed by atoms with van der Waals surface area (Å²) < 4.78 is 5.73. The Balaban J connectivity index is 0.000000574. The lowest BCUT2D eigenvalue weighted by Gasteiger charge is -2.28. The second-order valence-electron chi connectivity index (χ2n) is 4.39. The van der Waals surface area contributed by atoms with Gasteiger partial charge in [-0.3, -0.25) is 0 Å². The molecule has 1 aliphatic carbocycles. The second-order valence-corrected chi connectivity index (χ2v) is 5.00. The van der Waals surface area contributed by atoms with E-state index >= 15 is 0 Å². The van der Waals surface area contributed by atoms with Gasteiger partial charge in [-0.1, -0.05) is 31.9 Å². The molecule has 18 heavy (non-hydrogen) atoms. The molecule has 1 fully saturated rings. The first-order chi connectivity index (χ1) is 8.88. The molecule has 3 heteroatoms. The summed E-state index contributed by atoms with van der Waals surface area (Å²) in [6.45, 7) is 4.00. The van der Waals surface area contributed by atoms with Crippen LogP contribution in [0.15, 0.2) is 30.5 Å². The number of hydrogen-bond donors (Lipinski definition) is 1. The molecule has 1 N–H and O–H groups in total. The lowest BCUT2D eigenvalue weighted by atomic mass is 9.93. The molecule has 2 nitrogen and oxygen atoms in total. The van der Waals surface area contributed by atoms with Gasteiger partial charge >= 0.3 is 0 Å². The first-order valence-electron chi connectivity index (χ1n) is 6.78. The van der Waals surface area contributed by atoms with Crippen LogP contribution in [-0.4, -0.2) is 10.8 Å². The zero-order valence-corrected chi connectivity index (χ0v) is 12.3. The minimum Gasteiger partial charge on any atom is -0.344 e. The van der Waals surface area contributed by atoms with Gasteiger partial charge < -0.3 is 9.29 Å². The number of anilines is 1. The molecule has 2 aromatic rings. The molecule has 3 rings (SSSR count). The van der Waals surface area contributed by atoms with Crippen LogP contribution in [-0.2, 0) is 0 Å². The van der Waals surface area contributed by atoms with E-state index in [0.717, 1.165) is 6.04 Å². The van der Waals surface area contributed by atoms with Crippen molar-refractivity contribution in [3.63, 3.8) is 0 Å². The standard InChI is InChI=1S/C13H16N2S.C2H6/c1-16-14-11-6-5-10-7-8-15(13(10)9-11)12-3-2-4-12;1-2/h5-9,12,14H,2-4H2,1H3;1-2H3. The van der Waals surface area contributed by atoms with Crippen LogP contribution < -0.4 is 4.72 Å². The largest absolute Gasteiger partial charge is 0.344 e. The molecular weight excluding hydrogens is 240 g/mol. The van der Waals surface area contributed by atoms with Crippen molar-refractivity contribution in [3.8, 4) is 0 Å². The van der Waals surface area contributed by atoms with E-state index in [4.69, 9.17) is 0 Å². The zero-order valence-electron chi connectivity index (χ0n) is 11.4. The summed E-state index contributed by atoms with van der Waals surface area (Å²) in [7, 11) is 0. The average Bonchev–Trinajstić information content (AvgIpc) is 2.74. The molecule has 0 amide bonds. The minimum atomic E-state index is 0.738. The fourth-order valence-electron chi connectivity index (χ4n) is 2.31. The maximum absolute atomic E-state index is 3.29. The number of rotatable bonds is 3. The Morgan fingerprint density at radius 1 is 1.22 bits per heavy atom. The summed E-state index contributed by atoms with van der Waals surface area (Å²) in [4.78, 5) is 0. The number of nitrogens with zero attached hydrogens (tertiary/aromatic N) is 1. The van der Waals surface area contributed by atoms with E-state index in [9.17, 15) is 0 Å². The third kappa shape index (κ3) is 2.51. The Labute approximate surface area is 114 Å². The molecular formula is C15H22N2S. The Hall–Kier alpha value is -1.09. The molecule has 1 heterocycles. The quantitative estimate of drug-likeness (QED) is 0.777. The minimum absolute atomic E-state index is 0.738. The third-order valence-electron chi connectivity index (χ3n) is 3.41. The van der Waals surface area contributed by atoms with Gasteiger partial charge in [0.25, 0.3) is 0 Å². The van der Waals surface area contributed by atoms with Crippen molar-refractivity contribution in [2.24, 2.45) is 0 Å². The first kappa shape index (κ1) is 13.3. The van der Waals surface area contributed by atoms with Crippen molar-refractivity contribution in [3.05, 3.63) is 30.5 Å². The summed E-state index contributed by atoms with van der Waals surface area (Å²) in [5, 5.41) is 1.35. The van der Waals surface area contributed by atoms with E-state index in [1.807, 2.05) is 13.8 Å². The van der Waals surface area contributed by atoms with Crippen LogP contribution in [0.2, 0.25) is 0 Å². The molecule has 1 saturated carbocycles. The molecule has 1 aromatic heterocycles. The van der Waals surface area contributed by atoms with Gasteiger partial charge in [-0.15, -0.1) is 0 Å². The van der Waals surface area contributed by atoms with Crippen LogP contribution in [0.25, 0.3) is 10.9 Å². The zero-order chi connectivity index (χ0) is 13.0.